The van der Waals surface area contributed by atoms with Crippen LogP contribution in [0.4, 0.5) is 0 Å². The molecule has 0 aromatic carbocycles. The van der Waals surface area contributed by atoms with Crippen LogP contribution in [0.3, 0.4) is 0 Å². The first-order valence-corrected chi connectivity index (χ1v) is 8.86. The number of aromatic nitrogens is 1. The minimum atomic E-state index is 0.194. The van der Waals surface area contributed by atoms with E-state index in [1.165, 1.54) is 24.1 Å². The van der Waals surface area contributed by atoms with Gasteiger partial charge in [-0.3, -0.25) is 4.79 Å². The van der Waals surface area contributed by atoms with Crippen molar-refractivity contribution in [1.82, 2.24) is 9.88 Å². The summed E-state index contributed by atoms with van der Waals surface area (Å²) >= 11 is 0. The topological polar surface area (TPSA) is 43.3 Å². The molecule has 4 heteroatoms. The molecule has 0 spiro atoms. The fraction of sp³-hybridized carbons (Fsp3) is 0.722. The first kappa shape index (κ1) is 15.8. The van der Waals surface area contributed by atoms with Gasteiger partial charge in [0.2, 0.25) is 0 Å². The number of aryl methyl sites for hydroxylation is 1. The maximum absolute atomic E-state index is 12.9. The molecule has 1 aliphatic heterocycles. The number of fused-ring (bicyclic) bond motifs is 1. The van der Waals surface area contributed by atoms with Crippen LogP contribution in [0.2, 0.25) is 0 Å². The summed E-state index contributed by atoms with van der Waals surface area (Å²) in [5.74, 6) is 0. The first-order valence-electron chi connectivity index (χ1n) is 8.86. The van der Waals surface area contributed by atoms with Crippen LogP contribution >= 0.6 is 0 Å². The molecule has 2 aliphatic rings. The summed E-state index contributed by atoms with van der Waals surface area (Å²) < 4.78 is 7.80. The second kappa shape index (κ2) is 7.42. The van der Waals surface area contributed by atoms with Crippen molar-refractivity contribution in [3.05, 3.63) is 33.2 Å². The minimum absolute atomic E-state index is 0.194. The van der Waals surface area contributed by atoms with E-state index in [-0.39, 0.29) is 11.7 Å². The number of nitrogens with zero attached hydrogens (tertiary/aromatic N) is 1. The van der Waals surface area contributed by atoms with Gasteiger partial charge in [0.1, 0.15) is 0 Å². The normalized spacial score (nSPS) is 21.0. The smallest absolute Gasteiger partial charge is 0.255 e. The Morgan fingerprint density at radius 2 is 2.18 bits per heavy atom. The van der Waals surface area contributed by atoms with Crippen LogP contribution < -0.4 is 10.9 Å². The summed E-state index contributed by atoms with van der Waals surface area (Å²) in [6.45, 7) is 5.38. The molecule has 122 valence electrons. The third-order valence-corrected chi connectivity index (χ3v) is 4.83. The molecule has 1 atom stereocenters. The Bertz CT molecular complexity index is 559. The zero-order valence-electron chi connectivity index (χ0n) is 13.7. The zero-order chi connectivity index (χ0) is 15.4. The molecule has 0 amide bonds. The maximum Gasteiger partial charge on any atom is 0.255 e. The SMILES string of the molecule is CCCNCc1cc2c(n(CC3CCCO3)c1=O)CCCC2. The van der Waals surface area contributed by atoms with Crippen LogP contribution in [-0.4, -0.2) is 23.8 Å². The Morgan fingerprint density at radius 3 is 2.95 bits per heavy atom. The molecule has 1 saturated heterocycles. The fourth-order valence-corrected chi connectivity index (χ4v) is 3.66. The third-order valence-electron chi connectivity index (χ3n) is 4.83. The van der Waals surface area contributed by atoms with Gasteiger partial charge in [0.15, 0.2) is 0 Å². The molecule has 1 fully saturated rings. The highest BCUT2D eigenvalue weighted by Gasteiger charge is 2.22. The van der Waals surface area contributed by atoms with Gasteiger partial charge in [-0.2, -0.15) is 0 Å². The molecule has 1 aliphatic carbocycles. The second-order valence-electron chi connectivity index (χ2n) is 6.58. The van der Waals surface area contributed by atoms with Crippen LogP contribution in [0.1, 0.15) is 55.8 Å². The van der Waals surface area contributed by atoms with Gasteiger partial charge in [0.05, 0.1) is 12.6 Å². The lowest BCUT2D eigenvalue weighted by Gasteiger charge is -2.24. The van der Waals surface area contributed by atoms with Gasteiger partial charge in [0, 0.05) is 24.4 Å². The van der Waals surface area contributed by atoms with E-state index in [2.05, 4.69) is 18.3 Å². The molecule has 1 aromatic rings. The van der Waals surface area contributed by atoms with E-state index in [0.717, 1.165) is 57.4 Å². The molecular formula is C18H28N2O2. The van der Waals surface area contributed by atoms with Crippen molar-refractivity contribution in [2.24, 2.45) is 0 Å². The van der Waals surface area contributed by atoms with Crippen molar-refractivity contribution in [3.8, 4) is 0 Å². The van der Waals surface area contributed by atoms with Gasteiger partial charge in [-0.05, 0) is 63.1 Å². The third kappa shape index (κ3) is 3.44. The minimum Gasteiger partial charge on any atom is -0.376 e. The molecule has 22 heavy (non-hydrogen) atoms. The van der Waals surface area contributed by atoms with Gasteiger partial charge in [0.25, 0.3) is 5.56 Å². The molecule has 4 nitrogen and oxygen atoms in total. The number of rotatable bonds is 6. The quantitative estimate of drug-likeness (QED) is 0.821. The van der Waals surface area contributed by atoms with Crippen LogP contribution in [0.15, 0.2) is 10.9 Å². The number of hydrogen-bond donors (Lipinski definition) is 1. The van der Waals surface area contributed by atoms with E-state index >= 15 is 0 Å². The molecular weight excluding hydrogens is 276 g/mol. The van der Waals surface area contributed by atoms with Crippen molar-refractivity contribution in [3.63, 3.8) is 0 Å². The predicted octanol–water partition coefficient (Wildman–Crippen LogP) is 2.41. The Morgan fingerprint density at radius 1 is 1.32 bits per heavy atom. The van der Waals surface area contributed by atoms with Gasteiger partial charge >= 0.3 is 0 Å². The van der Waals surface area contributed by atoms with E-state index in [0.29, 0.717) is 6.54 Å². The molecule has 3 rings (SSSR count). The lowest BCUT2D eigenvalue weighted by atomic mass is 9.94. The van der Waals surface area contributed by atoms with Crippen LogP contribution in [0.25, 0.3) is 0 Å². The summed E-state index contributed by atoms with van der Waals surface area (Å²) in [5.41, 5.74) is 3.77. The first-order chi connectivity index (χ1) is 10.8. The van der Waals surface area contributed by atoms with E-state index in [4.69, 9.17) is 4.74 Å². The lowest BCUT2D eigenvalue weighted by Crippen LogP contribution is -2.34. The Balaban J connectivity index is 1.89. The molecule has 0 saturated carbocycles. The lowest BCUT2D eigenvalue weighted by molar-refractivity contribution is 0.0951. The Hall–Kier alpha value is -1.13. The molecule has 1 N–H and O–H groups in total. The molecule has 1 unspecified atom stereocenters. The Kier molecular flexibility index (Phi) is 5.32. The van der Waals surface area contributed by atoms with E-state index < -0.39 is 0 Å². The van der Waals surface area contributed by atoms with Crippen molar-refractivity contribution in [1.29, 1.82) is 0 Å². The van der Waals surface area contributed by atoms with E-state index in [9.17, 15) is 4.79 Å². The van der Waals surface area contributed by atoms with Crippen LogP contribution in [0, 0.1) is 0 Å². The van der Waals surface area contributed by atoms with Gasteiger partial charge < -0.3 is 14.6 Å². The van der Waals surface area contributed by atoms with Crippen molar-refractivity contribution >= 4 is 0 Å². The van der Waals surface area contributed by atoms with Gasteiger partial charge in [-0.15, -0.1) is 0 Å². The summed E-state index contributed by atoms with van der Waals surface area (Å²) in [6.07, 6.45) is 8.12. The summed E-state index contributed by atoms with van der Waals surface area (Å²) in [7, 11) is 0. The molecule has 0 bridgehead atoms. The number of nitrogens with one attached hydrogen (secondary N) is 1. The van der Waals surface area contributed by atoms with Gasteiger partial charge in [-0.25, -0.2) is 0 Å². The average Bonchev–Trinajstić information content (AvgIpc) is 3.04. The highest BCUT2D eigenvalue weighted by atomic mass is 16.5. The van der Waals surface area contributed by atoms with Crippen LogP contribution in [-0.2, 0) is 30.7 Å². The molecule has 0 radical (unpaired) electrons. The van der Waals surface area contributed by atoms with Crippen molar-refractivity contribution in [2.75, 3.05) is 13.2 Å². The number of hydrogen-bond acceptors (Lipinski definition) is 3. The second-order valence-corrected chi connectivity index (χ2v) is 6.58. The zero-order valence-corrected chi connectivity index (χ0v) is 13.7. The Labute approximate surface area is 132 Å². The number of pyridine rings is 1. The van der Waals surface area contributed by atoms with E-state index in [1.807, 2.05) is 4.57 Å². The average molecular weight is 304 g/mol. The fourth-order valence-electron chi connectivity index (χ4n) is 3.66. The van der Waals surface area contributed by atoms with Crippen LogP contribution in [0.5, 0.6) is 0 Å². The maximum atomic E-state index is 12.9. The highest BCUT2D eigenvalue weighted by molar-refractivity contribution is 5.29. The summed E-state index contributed by atoms with van der Waals surface area (Å²) in [4.78, 5) is 12.9. The largest absolute Gasteiger partial charge is 0.376 e. The standard InChI is InChI=1S/C18H28N2O2/c1-2-9-19-12-15-11-14-6-3-4-8-17(14)20(18(15)21)13-16-7-5-10-22-16/h11,16,19H,2-10,12-13H2,1H3. The highest BCUT2D eigenvalue weighted by Crippen LogP contribution is 2.22. The monoisotopic (exact) mass is 304 g/mol. The molecule has 1 aromatic heterocycles. The van der Waals surface area contributed by atoms with E-state index in [1.54, 1.807) is 0 Å². The van der Waals surface area contributed by atoms with Gasteiger partial charge in [-0.1, -0.05) is 6.92 Å². The molecule has 2 heterocycles. The number of ether oxygens (including phenoxy) is 1. The van der Waals surface area contributed by atoms with Crippen molar-refractivity contribution < 1.29 is 4.74 Å². The summed E-state index contributed by atoms with van der Waals surface area (Å²) in [6, 6.07) is 2.16. The van der Waals surface area contributed by atoms with Crippen molar-refractivity contribution in [2.45, 2.75) is 71.1 Å². The summed E-state index contributed by atoms with van der Waals surface area (Å²) in [5, 5.41) is 3.38. The predicted molar refractivity (Wildman–Crippen MR) is 88.3 cm³/mol.